The van der Waals surface area contributed by atoms with Crippen LogP contribution in [0.1, 0.15) is 68.8 Å². The predicted molar refractivity (Wildman–Crippen MR) is 131 cm³/mol. The van der Waals surface area contributed by atoms with Gasteiger partial charge in [-0.3, -0.25) is 0 Å². The lowest BCUT2D eigenvalue weighted by Crippen LogP contribution is -2.06. The fraction of sp³-hybridized carbons (Fsp3) is 0.226. The van der Waals surface area contributed by atoms with Crippen LogP contribution < -0.4 is 0 Å². The van der Waals surface area contributed by atoms with Crippen LogP contribution in [-0.2, 0) is 0 Å². The van der Waals surface area contributed by atoms with Crippen molar-refractivity contribution in [2.75, 3.05) is 0 Å². The molecule has 0 heterocycles. The molecule has 0 aliphatic heterocycles. The Balaban J connectivity index is 1.67. The molecular formula is C31H28. The van der Waals surface area contributed by atoms with Gasteiger partial charge in [-0.1, -0.05) is 73.7 Å². The van der Waals surface area contributed by atoms with Crippen molar-refractivity contribution < 1.29 is 0 Å². The van der Waals surface area contributed by atoms with E-state index in [-0.39, 0.29) is 0 Å². The molecule has 31 heavy (non-hydrogen) atoms. The highest BCUT2D eigenvalue weighted by Crippen LogP contribution is 2.54. The molecule has 0 spiro atoms. The van der Waals surface area contributed by atoms with Crippen molar-refractivity contribution in [3.8, 4) is 22.3 Å². The summed E-state index contributed by atoms with van der Waals surface area (Å²) in [7, 11) is 0. The zero-order valence-electron chi connectivity index (χ0n) is 19.0. The Morgan fingerprint density at radius 1 is 0.484 bits per heavy atom. The summed E-state index contributed by atoms with van der Waals surface area (Å²) < 4.78 is 0. The van der Waals surface area contributed by atoms with E-state index in [2.05, 4.69) is 101 Å². The minimum Gasteiger partial charge on any atom is -0.0619 e. The van der Waals surface area contributed by atoms with Crippen LogP contribution in [0, 0.1) is 27.7 Å². The molecule has 0 radical (unpaired) electrons. The van der Waals surface area contributed by atoms with E-state index in [0.717, 1.165) is 0 Å². The molecule has 0 nitrogen and oxygen atoms in total. The third kappa shape index (κ3) is 2.48. The minimum atomic E-state index is 0.301. The van der Waals surface area contributed by atoms with Gasteiger partial charge in [0.05, 0.1) is 0 Å². The molecular weight excluding hydrogens is 372 g/mol. The van der Waals surface area contributed by atoms with Crippen molar-refractivity contribution in [1.29, 1.82) is 0 Å². The zero-order chi connectivity index (χ0) is 21.4. The van der Waals surface area contributed by atoms with E-state index in [4.69, 9.17) is 0 Å². The van der Waals surface area contributed by atoms with Crippen molar-refractivity contribution >= 4 is 0 Å². The van der Waals surface area contributed by atoms with E-state index in [9.17, 15) is 0 Å². The van der Waals surface area contributed by atoms with Crippen molar-refractivity contribution in [2.24, 2.45) is 0 Å². The topological polar surface area (TPSA) is 0 Å². The second kappa shape index (κ2) is 6.44. The monoisotopic (exact) mass is 400 g/mol. The van der Waals surface area contributed by atoms with E-state index in [1.165, 1.54) is 72.3 Å². The number of rotatable bonds is 1. The van der Waals surface area contributed by atoms with Crippen LogP contribution in [0.25, 0.3) is 22.3 Å². The summed E-state index contributed by atoms with van der Waals surface area (Å²) >= 11 is 0. The van der Waals surface area contributed by atoms with Gasteiger partial charge in [-0.15, -0.1) is 0 Å². The molecule has 152 valence electrons. The second-order valence-corrected chi connectivity index (χ2v) is 9.60. The zero-order valence-corrected chi connectivity index (χ0v) is 19.0. The first-order chi connectivity index (χ1) is 15.0. The third-order valence-electron chi connectivity index (χ3n) is 7.85. The van der Waals surface area contributed by atoms with Gasteiger partial charge in [-0.05, 0) is 100 Å². The molecule has 2 aliphatic rings. The highest BCUT2D eigenvalue weighted by molar-refractivity contribution is 5.86. The van der Waals surface area contributed by atoms with Gasteiger partial charge in [-0.2, -0.15) is 0 Å². The molecule has 6 rings (SSSR count). The van der Waals surface area contributed by atoms with Gasteiger partial charge in [0.25, 0.3) is 0 Å². The van der Waals surface area contributed by atoms with Crippen LogP contribution in [0.15, 0.2) is 66.7 Å². The van der Waals surface area contributed by atoms with Crippen LogP contribution in [0.2, 0.25) is 0 Å². The van der Waals surface area contributed by atoms with Crippen LogP contribution in [-0.4, -0.2) is 0 Å². The lowest BCUT2D eigenvalue weighted by Gasteiger charge is -2.21. The van der Waals surface area contributed by atoms with E-state index < -0.39 is 0 Å². The Hall–Kier alpha value is -3.12. The van der Waals surface area contributed by atoms with Gasteiger partial charge >= 0.3 is 0 Å². The average molecular weight is 401 g/mol. The molecule has 1 unspecified atom stereocenters. The van der Waals surface area contributed by atoms with Gasteiger partial charge < -0.3 is 0 Å². The molecule has 0 aromatic heterocycles. The van der Waals surface area contributed by atoms with Crippen molar-refractivity contribution in [1.82, 2.24) is 0 Å². The van der Waals surface area contributed by atoms with E-state index in [1.54, 1.807) is 0 Å². The highest BCUT2D eigenvalue weighted by atomic mass is 14.4. The molecule has 2 aliphatic carbocycles. The molecule has 4 aromatic carbocycles. The maximum Gasteiger partial charge on any atom is 0.0355 e. The summed E-state index contributed by atoms with van der Waals surface area (Å²) in [5, 5.41) is 0. The Morgan fingerprint density at radius 3 is 1.65 bits per heavy atom. The minimum absolute atomic E-state index is 0.301. The summed E-state index contributed by atoms with van der Waals surface area (Å²) in [5.41, 5.74) is 18.6. The molecule has 0 N–H and O–H groups in total. The van der Waals surface area contributed by atoms with Crippen LogP contribution >= 0.6 is 0 Å². The van der Waals surface area contributed by atoms with Gasteiger partial charge in [-0.25, -0.2) is 0 Å². The molecule has 0 saturated heterocycles. The lowest BCUT2D eigenvalue weighted by atomic mass is 9.81. The highest BCUT2D eigenvalue weighted by Gasteiger charge is 2.36. The Bertz CT molecular complexity index is 1330. The van der Waals surface area contributed by atoms with Crippen LogP contribution in [0.5, 0.6) is 0 Å². The summed E-state index contributed by atoms with van der Waals surface area (Å²) in [5.74, 6) is 0.725. The summed E-state index contributed by atoms with van der Waals surface area (Å²) in [6, 6.07) is 25.7. The van der Waals surface area contributed by atoms with Crippen molar-refractivity contribution in [2.45, 2.75) is 46.5 Å². The fourth-order valence-corrected chi connectivity index (χ4v) is 5.95. The van der Waals surface area contributed by atoms with Gasteiger partial charge in [0.2, 0.25) is 0 Å². The Labute approximate surface area is 185 Å². The van der Waals surface area contributed by atoms with Crippen LogP contribution in [0.3, 0.4) is 0 Å². The lowest BCUT2D eigenvalue weighted by molar-refractivity contribution is 0.898. The summed E-state index contributed by atoms with van der Waals surface area (Å²) in [6.45, 7) is 11.4. The maximum absolute atomic E-state index is 2.45. The first kappa shape index (κ1) is 18.6. The quantitative estimate of drug-likeness (QED) is 0.266. The van der Waals surface area contributed by atoms with E-state index in [1.807, 2.05) is 0 Å². The van der Waals surface area contributed by atoms with Gasteiger partial charge in [0, 0.05) is 11.8 Å². The molecule has 0 heteroatoms. The molecule has 1 atom stereocenters. The smallest absolute Gasteiger partial charge is 0.0355 e. The number of fused-ring (bicyclic) bond motifs is 6. The summed E-state index contributed by atoms with van der Waals surface area (Å²) in [4.78, 5) is 0. The molecule has 4 aromatic rings. The second-order valence-electron chi connectivity index (χ2n) is 9.60. The fourth-order valence-electron chi connectivity index (χ4n) is 5.95. The van der Waals surface area contributed by atoms with E-state index in [0.29, 0.717) is 11.8 Å². The Morgan fingerprint density at radius 2 is 1.00 bits per heavy atom. The largest absolute Gasteiger partial charge is 0.0619 e. The Kier molecular flexibility index (Phi) is 3.87. The number of hydrogen-bond acceptors (Lipinski definition) is 0. The number of aryl methyl sites for hydroxylation is 4. The molecule has 0 amide bonds. The van der Waals surface area contributed by atoms with Gasteiger partial charge in [0.15, 0.2) is 0 Å². The SMILES string of the molecule is Cc1cc2c(cc1C)C(c1cccc3c1C(C)c1ccccc1-3)c1cc(C)c(C)cc1-2. The first-order valence-electron chi connectivity index (χ1n) is 11.4. The maximum atomic E-state index is 2.45. The summed E-state index contributed by atoms with van der Waals surface area (Å²) in [6.07, 6.45) is 0. The molecule has 0 saturated carbocycles. The van der Waals surface area contributed by atoms with Crippen molar-refractivity contribution in [3.63, 3.8) is 0 Å². The first-order valence-corrected chi connectivity index (χ1v) is 11.4. The molecule has 0 fully saturated rings. The average Bonchev–Trinajstić information content (AvgIpc) is 3.21. The normalized spacial score (nSPS) is 16.1. The number of hydrogen-bond donors (Lipinski definition) is 0. The van der Waals surface area contributed by atoms with Gasteiger partial charge in [0.1, 0.15) is 0 Å². The van der Waals surface area contributed by atoms with Crippen LogP contribution in [0.4, 0.5) is 0 Å². The predicted octanol–water partition coefficient (Wildman–Crippen LogP) is 8.21. The third-order valence-corrected chi connectivity index (χ3v) is 7.85. The van der Waals surface area contributed by atoms with Crippen molar-refractivity contribution in [3.05, 3.63) is 117 Å². The number of benzene rings is 4. The standard InChI is InChI=1S/C31H28/c1-17-13-26-27-14-18(2)20(4)16-29(27)31(28(26)15-19(17)3)25-12-8-11-24-23-10-7-6-9-22(23)21(5)30(24)25/h6-16,21,31H,1-5H3. The van der Waals surface area contributed by atoms with E-state index >= 15 is 0 Å². The molecule has 0 bridgehead atoms.